The Kier molecular flexibility index (Phi) is 6.07. The van der Waals surface area contributed by atoms with Crippen LogP contribution in [0.25, 0.3) is 11.2 Å². The molecule has 6 rings (SSSR count). The number of ether oxygens (including phenoxy) is 2. The summed E-state index contributed by atoms with van der Waals surface area (Å²) in [5, 5.41) is 2.85. The van der Waals surface area contributed by atoms with E-state index >= 15 is 0 Å². The molecule has 38 heavy (non-hydrogen) atoms. The van der Waals surface area contributed by atoms with Crippen molar-refractivity contribution in [1.82, 2.24) is 29.3 Å². The van der Waals surface area contributed by atoms with Gasteiger partial charge < -0.3 is 14.8 Å². The van der Waals surface area contributed by atoms with Crippen molar-refractivity contribution in [1.29, 1.82) is 0 Å². The van der Waals surface area contributed by atoms with Crippen LogP contribution in [0.2, 0.25) is 0 Å². The average Bonchev–Trinajstić information content (AvgIpc) is 3.47. The highest BCUT2D eigenvalue weighted by Gasteiger charge is 2.56. The average molecular weight is 520 g/mol. The zero-order valence-electron chi connectivity index (χ0n) is 22.0. The molecule has 0 aliphatic carbocycles. The zero-order chi connectivity index (χ0) is 26.5. The Balaban J connectivity index is 1.06. The van der Waals surface area contributed by atoms with Crippen LogP contribution in [0, 0.1) is 0 Å². The summed E-state index contributed by atoms with van der Waals surface area (Å²) in [5.74, 6) is 0.124. The van der Waals surface area contributed by atoms with Crippen molar-refractivity contribution in [3.05, 3.63) is 48.5 Å². The van der Waals surface area contributed by atoms with Gasteiger partial charge in [0.25, 0.3) is 5.91 Å². The van der Waals surface area contributed by atoms with E-state index in [0.29, 0.717) is 22.5 Å². The van der Waals surface area contributed by atoms with Crippen LogP contribution in [-0.4, -0.2) is 84.7 Å². The van der Waals surface area contributed by atoms with Crippen molar-refractivity contribution >= 4 is 29.0 Å². The second-order valence-corrected chi connectivity index (χ2v) is 11.4. The maximum Gasteiger partial charge on any atom is 0.410 e. The number of amides is 2. The summed E-state index contributed by atoms with van der Waals surface area (Å²) in [6, 6.07) is 8.99. The maximum atomic E-state index is 12.6. The number of imidazole rings is 1. The number of likely N-dealkylation sites (tertiary alicyclic amines) is 2. The Morgan fingerprint density at radius 2 is 1.92 bits per heavy atom. The Morgan fingerprint density at radius 3 is 2.63 bits per heavy atom. The van der Waals surface area contributed by atoms with Gasteiger partial charge in [-0.1, -0.05) is 18.2 Å². The molecule has 5 heterocycles. The summed E-state index contributed by atoms with van der Waals surface area (Å²) in [6.07, 6.45) is 5.60. The number of hydrogen-bond donors (Lipinski definition) is 1. The van der Waals surface area contributed by atoms with Gasteiger partial charge in [0.1, 0.15) is 18.2 Å². The van der Waals surface area contributed by atoms with E-state index in [1.54, 1.807) is 18.5 Å². The smallest absolute Gasteiger partial charge is 0.410 e. The molecule has 11 nitrogen and oxygen atoms in total. The van der Waals surface area contributed by atoms with Crippen LogP contribution in [0.3, 0.4) is 0 Å². The van der Waals surface area contributed by atoms with Crippen molar-refractivity contribution < 1.29 is 19.1 Å². The van der Waals surface area contributed by atoms with Gasteiger partial charge in [0.05, 0.1) is 18.0 Å². The van der Waals surface area contributed by atoms with Crippen LogP contribution in [0.1, 0.15) is 56.6 Å². The lowest BCUT2D eigenvalue weighted by atomic mass is 9.77. The number of fused-ring (bicyclic) bond motifs is 1. The molecule has 3 aliphatic rings. The molecule has 3 aliphatic heterocycles. The highest BCUT2D eigenvalue weighted by molar-refractivity contribution is 6.06. The number of nitrogens with one attached hydrogen (secondary N) is 1. The van der Waals surface area contributed by atoms with Gasteiger partial charge in [0, 0.05) is 31.7 Å². The molecule has 1 spiro atoms. The van der Waals surface area contributed by atoms with Gasteiger partial charge in [-0.15, -0.1) is 0 Å². The van der Waals surface area contributed by atoms with Crippen molar-refractivity contribution in [3.8, 4) is 0 Å². The van der Waals surface area contributed by atoms with Crippen LogP contribution in [0.4, 0.5) is 10.6 Å². The number of hydrogen-bond acceptors (Lipinski definition) is 8. The van der Waals surface area contributed by atoms with E-state index in [9.17, 15) is 9.59 Å². The molecule has 2 atom stereocenters. The lowest BCUT2D eigenvalue weighted by molar-refractivity contribution is -0.130. The summed E-state index contributed by atoms with van der Waals surface area (Å²) in [6.45, 7) is 8.97. The molecule has 3 aromatic rings. The highest BCUT2D eigenvalue weighted by Crippen LogP contribution is 2.41. The normalized spacial score (nSPS) is 22.8. The molecule has 3 fully saturated rings. The molecular formula is C27H33N7O4. The molecule has 0 saturated carbocycles. The van der Waals surface area contributed by atoms with E-state index in [4.69, 9.17) is 9.47 Å². The van der Waals surface area contributed by atoms with Crippen molar-refractivity contribution in [2.45, 2.75) is 63.5 Å². The molecule has 2 unspecified atom stereocenters. The highest BCUT2D eigenvalue weighted by atomic mass is 16.6. The van der Waals surface area contributed by atoms with Crippen molar-refractivity contribution in [2.75, 3.05) is 31.5 Å². The summed E-state index contributed by atoms with van der Waals surface area (Å²) < 4.78 is 13.9. The number of rotatable bonds is 5. The number of anilines is 1. The van der Waals surface area contributed by atoms with E-state index in [-0.39, 0.29) is 29.9 Å². The third-order valence-corrected chi connectivity index (χ3v) is 7.51. The van der Waals surface area contributed by atoms with E-state index in [1.165, 1.54) is 6.33 Å². The largest absolute Gasteiger partial charge is 0.444 e. The summed E-state index contributed by atoms with van der Waals surface area (Å²) in [5.41, 5.74) is 1.13. The van der Waals surface area contributed by atoms with Crippen LogP contribution >= 0.6 is 0 Å². The minimum absolute atomic E-state index is 0.0849. The first kappa shape index (κ1) is 24.7. The van der Waals surface area contributed by atoms with Gasteiger partial charge in [-0.2, -0.15) is 0 Å². The standard InChI is InChI=1S/C27H33N7O4/c1-26(2,3)38-25(36)34-12-11-27(34)14-32(15-27)13-19-9-10-20(37-19)33-17-30-21-22(28-16-29-23(21)33)31-24(35)18-7-5-4-6-8-18/h4-8,16-17,19-20H,9-15H2,1-3H3,(H,28,29,31,35). The second-order valence-electron chi connectivity index (χ2n) is 11.4. The fourth-order valence-electron chi connectivity index (χ4n) is 5.62. The molecule has 2 aromatic heterocycles. The number of carbonyl (C=O) groups excluding carboxylic acids is 2. The Bertz CT molecular complexity index is 1350. The monoisotopic (exact) mass is 519 g/mol. The van der Waals surface area contributed by atoms with Gasteiger partial charge in [0.2, 0.25) is 0 Å². The fourth-order valence-corrected chi connectivity index (χ4v) is 5.62. The first-order valence-electron chi connectivity index (χ1n) is 13.1. The van der Waals surface area contributed by atoms with Gasteiger partial charge in [-0.25, -0.2) is 19.7 Å². The third kappa shape index (κ3) is 4.60. The van der Waals surface area contributed by atoms with E-state index in [2.05, 4.69) is 25.2 Å². The number of aromatic nitrogens is 4. The minimum Gasteiger partial charge on any atom is -0.444 e. The molecule has 200 valence electrons. The number of carbonyl (C=O) groups is 2. The molecule has 1 aromatic carbocycles. The van der Waals surface area contributed by atoms with Gasteiger partial charge in [-0.05, 0) is 52.2 Å². The summed E-state index contributed by atoms with van der Waals surface area (Å²) in [7, 11) is 0. The quantitative estimate of drug-likeness (QED) is 0.545. The third-order valence-electron chi connectivity index (χ3n) is 7.51. The SMILES string of the molecule is CC(C)(C)OC(=O)N1CCC12CN(CC1CCC(n3cnc4c(NC(=O)c5ccccc5)ncnc43)O1)C2. The molecule has 0 bridgehead atoms. The second kappa shape index (κ2) is 9.32. The Hall–Kier alpha value is -3.57. The van der Waals surface area contributed by atoms with Crippen LogP contribution in [0.15, 0.2) is 43.0 Å². The lowest BCUT2D eigenvalue weighted by Gasteiger charge is -2.62. The lowest BCUT2D eigenvalue weighted by Crippen LogP contribution is -2.78. The number of benzene rings is 1. The first-order valence-corrected chi connectivity index (χ1v) is 13.1. The van der Waals surface area contributed by atoms with Gasteiger partial charge in [0.15, 0.2) is 17.0 Å². The predicted molar refractivity (Wildman–Crippen MR) is 140 cm³/mol. The molecule has 2 amide bonds. The van der Waals surface area contributed by atoms with Crippen LogP contribution < -0.4 is 5.32 Å². The molecular weight excluding hydrogens is 486 g/mol. The Morgan fingerprint density at radius 1 is 1.13 bits per heavy atom. The Labute approximate surface area is 221 Å². The van der Waals surface area contributed by atoms with E-state index in [0.717, 1.165) is 45.4 Å². The van der Waals surface area contributed by atoms with Crippen LogP contribution in [0.5, 0.6) is 0 Å². The molecule has 3 saturated heterocycles. The fraction of sp³-hybridized carbons (Fsp3) is 0.519. The molecule has 11 heteroatoms. The predicted octanol–water partition coefficient (Wildman–Crippen LogP) is 3.45. The molecule has 0 radical (unpaired) electrons. The zero-order valence-corrected chi connectivity index (χ0v) is 22.0. The topological polar surface area (TPSA) is 115 Å². The first-order chi connectivity index (χ1) is 18.2. The minimum atomic E-state index is -0.485. The van der Waals surface area contributed by atoms with Gasteiger partial charge >= 0.3 is 6.09 Å². The summed E-state index contributed by atoms with van der Waals surface area (Å²) in [4.78, 5) is 42.6. The van der Waals surface area contributed by atoms with Gasteiger partial charge in [-0.3, -0.25) is 19.2 Å². The van der Waals surface area contributed by atoms with E-state index < -0.39 is 5.60 Å². The molecule has 1 N–H and O–H groups in total. The number of nitrogens with zero attached hydrogens (tertiary/aromatic N) is 6. The summed E-state index contributed by atoms with van der Waals surface area (Å²) >= 11 is 0. The van der Waals surface area contributed by atoms with Crippen molar-refractivity contribution in [3.63, 3.8) is 0 Å². The van der Waals surface area contributed by atoms with E-state index in [1.807, 2.05) is 48.4 Å². The van der Waals surface area contributed by atoms with Crippen LogP contribution in [-0.2, 0) is 9.47 Å². The maximum absolute atomic E-state index is 12.6. The van der Waals surface area contributed by atoms with Crippen molar-refractivity contribution in [2.24, 2.45) is 0 Å².